The van der Waals surface area contributed by atoms with E-state index in [9.17, 15) is 26.8 Å². The predicted octanol–water partition coefficient (Wildman–Crippen LogP) is 2.17. The lowest BCUT2D eigenvalue weighted by Gasteiger charge is -2.34. The summed E-state index contributed by atoms with van der Waals surface area (Å²) >= 11 is 0. The summed E-state index contributed by atoms with van der Waals surface area (Å²) in [6, 6.07) is 10.4. The second-order valence-corrected chi connectivity index (χ2v) is 9.55. The van der Waals surface area contributed by atoms with Crippen LogP contribution in [-0.2, 0) is 14.8 Å². The molecule has 2 aromatic carbocycles. The first-order valence-electron chi connectivity index (χ1n) is 10.3. The molecular formula is C22H25F2N3O5S. The minimum absolute atomic E-state index is 0.0775. The Morgan fingerprint density at radius 3 is 2.27 bits per heavy atom. The van der Waals surface area contributed by atoms with Gasteiger partial charge in [-0.05, 0) is 55.3 Å². The van der Waals surface area contributed by atoms with Crippen molar-refractivity contribution >= 4 is 21.8 Å². The van der Waals surface area contributed by atoms with Crippen LogP contribution in [0, 0.1) is 13.8 Å². The molecule has 178 valence electrons. The first kappa shape index (κ1) is 24.6. The molecule has 1 fully saturated rings. The fourth-order valence-corrected chi connectivity index (χ4v) is 5.19. The minimum atomic E-state index is -3.67. The van der Waals surface area contributed by atoms with Crippen molar-refractivity contribution in [2.45, 2.75) is 25.4 Å². The number of rotatable bonds is 7. The maximum atomic E-state index is 13.0. The summed E-state index contributed by atoms with van der Waals surface area (Å²) < 4.78 is 56.0. The summed E-state index contributed by atoms with van der Waals surface area (Å²) in [5, 5.41) is 2.49. The zero-order chi connectivity index (χ0) is 24.2. The van der Waals surface area contributed by atoms with Crippen LogP contribution < -0.4 is 10.1 Å². The number of carbonyl (C=O) groups excluding carboxylic acids is 2. The molecular weight excluding hydrogens is 456 g/mol. The molecule has 0 aliphatic carbocycles. The monoisotopic (exact) mass is 481 g/mol. The van der Waals surface area contributed by atoms with E-state index >= 15 is 0 Å². The van der Waals surface area contributed by atoms with E-state index < -0.39 is 22.5 Å². The molecule has 0 aromatic heterocycles. The highest BCUT2D eigenvalue weighted by Crippen LogP contribution is 2.22. The van der Waals surface area contributed by atoms with Crippen molar-refractivity contribution in [2.24, 2.45) is 0 Å². The zero-order valence-electron chi connectivity index (χ0n) is 18.3. The summed E-state index contributed by atoms with van der Waals surface area (Å²) in [6.07, 6.45) is 0. The molecule has 11 heteroatoms. The highest BCUT2D eigenvalue weighted by atomic mass is 32.2. The molecule has 0 saturated carbocycles. The molecule has 1 aliphatic rings. The lowest BCUT2D eigenvalue weighted by molar-refractivity contribution is -0.131. The van der Waals surface area contributed by atoms with E-state index in [1.165, 1.54) is 33.5 Å². The lowest BCUT2D eigenvalue weighted by atomic mass is 10.2. The van der Waals surface area contributed by atoms with E-state index in [1.54, 1.807) is 19.1 Å². The number of nitrogens with zero attached hydrogens (tertiary/aromatic N) is 2. The topological polar surface area (TPSA) is 96.0 Å². The summed E-state index contributed by atoms with van der Waals surface area (Å²) in [7, 11) is -3.67. The maximum absolute atomic E-state index is 13.0. The van der Waals surface area contributed by atoms with Gasteiger partial charge in [0.1, 0.15) is 5.75 Å². The van der Waals surface area contributed by atoms with Crippen LogP contribution in [0.2, 0.25) is 0 Å². The third-order valence-corrected chi connectivity index (χ3v) is 7.34. The molecule has 0 atom stereocenters. The Balaban J connectivity index is 1.52. The van der Waals surface area contributed by atoms with Gasteiger partial charge in [-0.15, -0.1) is 0 Å². The predicted molar refractivity (Wildman–Crippen MR) is 117 cm³/mol. The van der Waals surface area contributed by atoms with Gasteiger partial charge in [0, 0.05) is 31.7 Å². The van der Waals surface area contributed by atoms with E-state index in [-0.39, 0.29) is 54.8 Å². The molecule has 0 unspecified atom stereocenters. The molecule has 1 heterocycles. The Bertz CT molecular complexity index is 1120. The van der Waals surface area contributed by atoms with Crippen LogP contribution in [0.3, 0.4) is 0 Å². The number of nitrogens with one attached hydrogen (secondary N) is 1. The average molecular weight is 482 g/mol. The third kappa shape index (κ3) is 6.05. The number of ether oxygens (including phenoxy) is 1. The number of hydrogen-bond donors (Lipinski definition) is 1. The van der Waals surface area contributed by atoms with Crippen molar-refractivity contribution in [3.05, 3.63) is 59.2 Å². The number of halogens is 2. The van der Waals surface area contributed by atoms with Crippen LogP contribution >= 0.6 is 0 Å². The SMILES string of the molecule is Cc1ccc(C)c(S(=O)(=O)N2CCN(C(=O)CNC(=O)c3ccc(OC(F)F)cc3)CC2)c1. The van der Waals surface area contributed by atoms with E-state index in [1.807, 2.05) is 13.0 Å². The average Bonchev–Trinajstić information content (AvgIpc) is 2.79. The number of hydrogen-bond acceptors (Lipinski definition) is 5. The number of sulfonamides is 1. The molecule has 0 bridgehead atoms. The highest BCUT2D eigenvalue weighted by molar-refractivity contribution is 7.89. The Labute approximate surface area is 191 Å². The van der Waals surface area contributed by atoms with Gasteiger partial charge in [0.05, 0.1) is 11.4 Å². The molecule has 1 aliphatic heterocycles. The van der Waals surface area contributed by atoms with Gasteiger partial charge in [-0.2, -0.15) is 13.1 Å². The summed E-state index contributed by atoms with van der Waals surface area (Å²) in [5.74, 6) is -0.959. The first-order valence-corrected chi connectivity index (χ1v) is 11.7. The van der Waals surface area contributed by atoms with Gasteiger partial charge in [-0.25, -0.2) is 8.42 Å². The molecule has 2 aromatic rings. The van der Waals surface area contributed by atoms with Crippen molar-refractivity contribution in [1.82, 2.24) is 14.5 Å². The largest absolute Gasteiger partial charge is 0.435 e. The van der Waals surface area contributed by atoms with Crippen LogP contribution in [0.1, 0.15) is 21.5 Å². The standard InChI is InChI=1S/C22H25F2N3O5S/c1-15-3-4-16(2)19(13-15)33(30,31)27-11-9-26(10-12-27)20(28)14-25-21(29)17-5-7-18(8-6-17)32-22(23)24/h3-8,13,22H,9-12,14H2,1-2H3,(H,25,29). The van der Waals surface area contributed by atoms with Gasteiger partial charge in [-0.1, -0.05) is 12.1 Å². The summed E-state index contributed by atoms with van der Waals surface area (Å²) in [4.78, 5) is 26.4. The van der Waals surface area contributed by atoms with Crippen molar-refractivity contribution in [2.75, 3.05) is 32.7 Å². The van der Waals surface area contributed by atoms with Crippen LogP contribution in [0.25, 0.3) is 0 Å². The maximum Gasteiger partial charge on any atom is 0.387 e. The Morgan fingerprint density at radius 1 is 1.03 bits per heavy atom. The van der Waals surface area contributed by atoms with Gasteiger partial charge in [0.15, 0.2) is 0 Å². The van der Waals surface area contributed by atoms with Crippen molar-refractivity contribution in [1.29, 1.82) is 0 Å². The highest BCUT2D eigenvalue weighted by Gasteiger charge is 2.31. The van der Waals surface area contributed by atoms with Gasteiger partial charge >= 0.3 is 6.61 Å². The van der Waals surface area contributed by atoms with Gasteiger partial charge in [0.2, 0.25) is 15.9 Å². The molecule has 3 rings (SSSR count). The minimum Gasteiger partial charge on any atom is -0.435 e. The fourth-order valence-electron chi connectivity index (χ4n) is 3.46. The van der Waals surface area contributed by atoms with Crippen LogP contribution in [0.5, 0.6) is 5.75 Å². The first-order chi connectivity index (χ1) is 15.6. The number of piperazine rings is 1. The number of amides is 2. The van der Waals surface area contributed by atoms with Gasteiger partial charge in [-0.3, -0.25) is 9.59 Å². The lowest BCUT2D eigenvalue weighted by Crippen LogP contribution is -2.52. The van der Waals surface area contributed by atoms with E-state index in [2.05, 4.69) is 10.1 Å². The molecule has 0 spiro atoms. The summed E-state index contributed by atoms with van der Waals surface area (Å²) in [5.41, 5.74) is 1.70. The second-order valence-electron chi connectivity index (χ2n) is 7.64. The van der Waals surface area contributed by atoms with Crippen molar-refractivity contribution in [3.8, 4) is 5.75 Å². The second kappa shape index (κ2) is 10.3. The quantitative estimate of drug-likeness (QED) is 0.654. The number of carbonyl (C=O) groups is 2. The van der Waals surface area contributed by atoms with Crippen LogP contribution in [0.15, 0.2) is 47.4 Å². The number of benzene rings is 2. The smallest absolute Gasteiger partial charge is 0.387 e. The molecule has 33 heavy (non-hydrogen) atoms. The van der Waals surface area contributed by atoms with Crippen molar-refractivity contribution < 1.29 is 31.5 Å². The molecule has 0 radical (unpaired) electrons. The normalized spacial score (nSPS) is 14.9. The Kier molecular flexibility index (Phi) is 7.65. The molecule has 8 nitrogen and oxygen atoms in total. The van der Waals surface area contributed by atoms with Crippen LogP contribution in [-0.4, -0.2) is 68.8 Å². The summed E-state index contributed by atoms with van der Waals surface area (Å²) in [6.45, 7) is 1.07. The number of aryl methyl sites for hydroxylation is 2. The van der Waals surface area contributed by atoms with E-state index in [0.29, 0.717) is 5.56 Å². The van der Waals surface area contributed by atoms with Crippen molar-refractivity contribution in [3.63, 3.8) is 0 Å². The molecule has 1 saturated heterocycles. The van der Waals surface area contributed by atoms with Gasteiger partial charge < -0.3 is 15.0 Å². The third-order valence-electron chi connectivity index (χ3n) is 5.29. The fraction of sp³-hybridized carbons (Fsp3) is 0.364. The zero-order valence-corrected chi connectivity index (χ0v) is 19.1. The van der Waals surface area contributed by atoms with Gasteiger partial charge in [0.25, 0.3) is 5.91 Å². The number of alkyl halides is 2. The Hall–Kier alpha value is -3.05. The Morgan fingerprint density at radius 2 is 1.67 bits per heavy atom. The molecule has 2 amide bonds. The van der Waals surface area contributed by atoms with Crippen LogP contribution in [0.4, 0.5) is 8.78 Å². The molecule has 1 N–H and O–H groups in total. The van der Waals surface area contributed by atoms with E-state index in [4.69, 9.17) is 0 Å². The van der Waals surface area contributed by atoms with E-state index in [0.717, 1.165) is 5.56 Å².